The lowest BCUT2D eigenvalue weighted by atomic mass is 10.1. The molecule has 1 atom stereocenters. The number of nitrogens with one attached hydrogen (secondary N) is 1. The highest BCUT2D eigenvalue weighted by molar-refractivity contribution is 5.72. The average Bonchev–Trinajstić information content (AvgIpc) is 2.46. The van der Waals surface area contributed by atoms with Gasteiger partial charge in [0.15, 0.2) is 0 Å². The number of carbonyl (C=O) groups is 1. The van der Waals surface area contributed by atoms with Gasteiger partial charge in [-0.2, -0.15) is 18.4 Å². The van der Waals surface area contributed by atoms with Crippen LogP contribution >= 0.6 is 0 Å². The molecule has 1 aliphatic heterocycles. The highest BCUT2D eigenvalue weighted by atomic mass is 19.4. The summed E-state index contributed by atoms with van der Waals surface area (Å²) >= 11 is 0. The highest BCUT2D eigenvalue weighted by Gasteiger charge is 2.33. The molecule has 6 nitrogen and oxygen atoms in total. The summed E-state index contributed by atoms with van der Waals surface area (Å²) in [6, 6.07) is 2.76. The Hall–Kier alpha value is -2.50. The van der Waals surface area contributed by atoms with Crippen molar-refractivity contribution >= 4 is 11.8 Å². The number of carbonyl (C=O) groups excluding carboxylic acids is 1. The Bertz CT molecular complexity index is 611. The molecule has 1 saturated heterocycles. The van der Waals surface area contributed by atoms with Gasteiger partial charge in [-0.05, 0) is 25.0 Å². The molecule has 0 radical (unpaired) electrons. The number of nitriles is 1. The van der Waals surface area contributed by atoms with Gasteiger partial charge in [0.1, 0.15) is 17.6 Å². The van der Waals surface area contributed by atoms with Crippen molar-refractivity contribution in [1.82, 2.24) is 9.88 Å². The number of primary amides is 1. The highest BCUT2D eigenvalue weighted by Crippen LogP contribution is 2.29. The summed E-state index contributed by atoms with van der Waals surface area (Å²) in [5.74, 6) is -0.131. The summed E-state index contributed by atoms with van der Waals surface area (Å²) in [4.78, 5) is 16.1. The fourth-order valence-corrected chi connectivity index (χ4v) is 2.31. The Labute approximate surface area is 124 Å². The Kier molecular flexibility index (Phi) is 4.40. The van der Waals surface area contributed by atoms with Crippen LogP contribution in [0.3, 0.4) is 0 Å². The molecule has 0 bridgehead atoms. The zero-order chi connectivity index (χ0) is 16.3. The van der Waals surface area contributed by atoms with E-state index in [2.05, 4.69) is 10.3 Å². The predicted octanol–water partition coefficient (Wildman–Crippen LogP) is 1.93. The van der Waals surface area contributed by atoms with E-state index in [0.717, 1.165) is 12.1 Å². The van der Waals surface area contributed by atoms with Crippen molar-refractivity contribution in [1.29, 1.82) is 5.26 Å². The number of amides is 2. The minimum atomic E-state index is -4.59. The van der Waals surface area contributed by atoms with Gasteiger partial charge < -0.3 is 16.0 Å². The minimum absolute atomic E-state index is 0.0178. The SMILES string of the molecule is N#Cc1ccc(C(F)(F)F)nc1N[C@H]1CCCN(C(N)=O)C1. The molecule has 3 N–H and O–H groups in total. The first kappa shape index (κ1) is 15.9. The van der Waals surface area contributed by atoms with Gasteiger partial charge in [0, 0.05) is 19.1 Å². The van der Waals surface area contributed by atoms with Gasteiger partial charge in [-0.1, -0.05) is 0 Å². The Balaban J connectivity index is 2.21. The van der Waals surface area contributed by atoms with E-state index in [1.807, 2.05) is 0 Å². The van der Waals surface area contributed by atoms with Crippen LogP contribution in [0, 0.1) is 11.3 Å². The summed E-state index contributed by atoms with van der Waals surface area (Å²) in [5, 5.41) is 11.8. The second-order valence-corrected chi connectivity index (χ2v) is 4.97. The molecule has 0 unspecified atom stereocenters. The van der Waals surface area contributed by atoms with Crippen LogP contribution in [0.25, 0.3) is 0 Å². The fourth-order valence-electron chi connectivity index (χ4n) is 2.31. The number of hydrogen-bond acceptors (Lipinski definition) is 4. The van der Waals surface area contributed by atoms with Crippen LogP contribution in [-0.2, 0) is 6.18 Å². The van der Waals surface area contributed by atoms with E-state index in [1.165, 1.54) is 4.90 Å². The number of piperidine rings is 1. The summed E-state index contributed by atoms with van der Waals surface area (Å²) in [7, 11) is 0. The van der Waals surface area contributed by atoms with Crippen molar-refractivity contribution in [2.75, 3.05) is 18.4 Å². The number of aromatic nitrogens is 1. The lowest BCUT2D eigenvalue weighted by Crippen LogP contribution is -2.47. The standard InChI is InChI=1S/C13H14F3N5O/c14-13(15,16)10-4-3-8(6-17)11(20-10)19-9-2-1-5-21(7-9)12(18)22/h3-4,9H,1-2,5,7H2,(H2,18,22)(H,19,20)/t9-/m0/s1. The van der Waals surface area contributed by atoms with Gasteiger partial charge in [0.2, 0.25) is 0 Å². The third-order valence-corrected chi connectivity index (χ3v) is 3.38. The summed E-state index contributed by atoms with van der Waals surface area (Å²) in [5.41, 5.74) is 4.15. The van der Waals surface area contributed by atoms with Crippen LogP contribution in [0.5, 0.6) is 0 Å². The molecule has 1 aromatic rings. The van der Waals surface area contributed by atoms with Gasteiger partial charge in [-0.25, -0.2) is 9.78 Å². The van der Waals surface area contributed by atoms with E-state index in [0.29, 0.717) is 19.4 Å². The first-order chi connectivity index (χ1) is 10.3. The second-order valence-electron chi connectivity index (χ2n) is 4.97. The number of nitrogens with zero attached hydrogens (tertiary/aromatic N) is 3. The van der Waals surface area contributed by atoms with Gasteiger partial charge in [-0.15, -0.1) is 0 Å². The normalized spacial score (nSPS) is 18.6. The molecule has 22 heavy (non-hydrogen) atoms. The van der Waals surface area contributed by atoms with Gasteiger partial charge >= 0.3 is 12.2 Å². The number of nitrogens with two attached hydrogens (primary N) is 1. The summed E-state index contributed by atoms with van der Waals surface area (Å²) in [6.45, 7) is 0.771. The van der Waals surface area contributed by atoms with Crippen LogP contribution in [0.4, 0.5) is 23.8 Å². The molecule has 2 rings (SSSR count). The van der Waals surface area contributed by atoms with Crippen molar-refractivity contribution in [3.05, 3.63) is 23.4 Å². The number of pyridine rings is 1. The molecular weight excluding hydrogens is 299 g/mol. The third kappa shape index (κ3) is 3.58. The average molecular weight is 313 g/mol. The van der Waals surface area contributed by atoms with Gasteiger partial charge in [0.05, 0.1) is 5.56 Å². The summed E-state index contributed by atoms with van der Waals surface area (Å²) < 4.78 is 38.1. The molecule has 118 valence electrons. The first-order valence-electron chi connectivity index (χ1n) is 6.60. The lowest BCUT2D eigenvalue weighted by molar-refractivity contribution is -0.141. The van der Waals surface area contributed by atoms with E-state index in [1.54, 1.807) is 6.07 Å². The number of hydrogen-bond donors (Lipinski definition) is 2. The van der Waals surface area contributed by atoms with Gasteiger partial charge in [0.25, 0.3) is 0 Å². The number of urea groups is 1. The number of halogens is 3. The molecule has 0 aromatic carbocycles. The zero-order valence-electron chi connectivity index (χ0n) is 11.5. The maximum absolute atomic E-state index is 12.7. The Morgan fingerprint density at radius 2 is 2.23 bits per heavy atom. The Morgan fingerprint density at radius 3 is 2.82 bits per heavy atom. The molecule has 9 heteroatoms. The fraction of sp³-hybridized carbons (Fsp3) is 0.462. The first-order valence-corrected chi connectivity index (χ1v) is 6.60. The molecule has 0 aliphatic carbocycles. The van der Waals surface area contributed by atoms with Crippen LogP contribution in [0.15, 0.2) is 12.1 Å². The number of alkyl halides is 3. The number of anilines is 1. The van der Waals surface area contributed by atoms with E-state index in [9.17, 15) is 18.0 Å². The van der Waals surface area contributed by atoms with Crippen LogP contribution < -0.4 is 11.1 Å². The molecule has 1 fully saturated rings. The van der Waals surface area contributed by atoms with E-state index in [4.69, 9.17) is 11.0 Å². The van der Waals surface area contributed by atoms with Crippen molar-refractivity contribution < 1.29 is 18.0 Å². The molecule has 1 aromatic heterocycles. The number of likely N-dealkylation sites (tertiary alicyclic amines) is 1. The monoisotopic (exact) mass is 313 g/mol. The largest absolute Gasteiger partial charge is 0.433 e. The van der Waals surface area contributed by atoms with Crippen LogP contribution in [0.2, 0.25) is 0 Å². The zero-order valence-corrected chi connectivity index (χ0v) is 11.5. The van der Waals surface area contributed by atoms with Crippen molar-refractivity contribution in [3.8, 4) is 6.07 Å². The lowest BCUT2D eigenvalue weighted by Gasteiger charge is -2.32. The molecule has 2 amide bonds. The molecule has 2 heterocycles. The molecule has 1 aliphatic rings. The quantitative estimate of drug-likeness (QED) is 0.872. The number of rotatable bonds is 2. The van der Waals surface area contributed by atoms with Crippen molar-refractivity contribution in [3.63, 3.8) is 0 Å². The van der Waals surface area contributed by atoms with E-state index >= 15 is 0 Å². The minimum Gasteiger partial charge on any atom is -0.364 e. The molecule has 0 spiro atoms. The maximum atomic E-state index is 12.7. The Morgan fingerprint density at radius 1 is 1.50 bits per heavy atom. The second kappa shape index (κ2) is 6.09. The predicted molar refractivity (Wildman–Crippen MR) is 71.8 cm³/mol. The van der Waals surface area contributed by atoms with Crippen molar-refractivity contribution in [2.45, 2.75) is 25.1 Å². The summed E-state index contributed by atoms with van der Waals surface area (Å²) in [6.07, 6.45) is -3.27. The topological polar surface area (TPSA) is 95.0 Å². The van der Waals surface area contributed by atoms with E-state index < -0.39 is 17.9 Å². The van der Waals surface area contributed by atoms with Crippen LogP contribution in [-0.4, -0.2) is 35.0 Å². The molecule has 0 saturated carbocycles. The smallest absolute Gasteiger partial charge is 0.364 e. The van der Waals surface area contributed by atoms with Crippen molar-refractivity contribution in [2.24, 2.45) is 5.73 Å². The third-order valence-electron chi connectivity index (χ3n) is 3.38. The van der Waals surface area contributed by atoms with Crippen LogP contribution in [0.1, 0.15) is 24.1 Å². The van der Waals surface area contributed by atoms with E-state index in [-0.39, 0.29) is 24.0 Å². The molecular formula is C13H14F3N5O. The maximum Gasteiger partial charge on any atom is 0.433 e. The van der Waals surface area contributed by atoms with Gasteiger partial charge in [-0.3, -0.25) is 0 Å².